The van der Waals surface area contributed by atoms with Crippen molar-refractivity contribution in [1.29, 1.82) is 0 Å². The predicted molar refractivity (Wildman–Crippen MR) is 102 cm³/mol. The van der Waals surface area contributed by atoms with E-state index in [-0.39, 0.29) is 5.91 Å². The molecule has 0 spiro atoms. The highest BCUT2D eigenvalue weighted by molar-refractivity contribution is 9.10. The number of halogens is 1. The summed E-state index contributed by atoms with van der Waals surface area (Å²) in [5, 5.41) is 0. The number of nitrogens with zero attached hydrogens (tertiary/aromatic N) is 1. The second kappa shape index (κ2) is 8.99. The van der Waals surface area contributed by atoms with Crippen molar-refractivity contribution in [1.82, 2.24) is 0 Å². The van der Waals surface area contributed by atoms with Crippen molar-refractivity contribution < 1.29 is 14.3 Å². The molecule has 0 bridgehead atoms. The topological polar surface area (TPSA) is 38.8 Å². The third-order valence-corrected chi connectivity index (χ3v) is 5.07. The van der Waals surface area contributed by atoms with E-state index < -0.39 is 0 Å². The van der Waals surface area contributed by atoms with Gasteiger partial charge in [-0.3, -0.25) is 4.79 Å². The van der Waals surface area contributed by atoms with Crippen LogP contribution in [0.2, 0.25) is 0 Å². The van der Waals surface area contributed by atoms with E-state index in [1.807, 2.05) is 30.3 Å². The number of rotatable bonds is 7. The Hall–Kier alpha value is -1.66. The number of benzene rings is 2. The molecule has 0 atom stereocenters. The fourth-order valence-electron chi connectivity index (χ4n) is 2.13. The van der Waals surface area contributed by atoms with E-state index in [1.54, 1.807) is 50.1 Å². The van der Waals surface area contributed by atoms with Crippen molar-refractivity contribution in [3.63, 3.8) is 0 Å². The van der Waals surface area contributed by atoms with Crippen LogP contribution in [0.25, 0.3) is 0 Å². The second-order valence-electron chi connectivity index (χ2n) is 5.04. The van der Waals surface area contributed by atoms with Crippen LogP contribution in [0.15, 0.2) is 51.8 Å². The molecule has 6 heteroatoms. The van der Waals surface area contributed by atoms with Gasteiger partial charge < -0.3 is 14.4 Å². The molecule has 24 heavy (non-hydrogen) atoms. The van der Waals surface area contributed by atoms with Crippen LogP contribution in [-0.2, 0) is 4.79 Å². The van der Waals surface area contributed by atoms with Crippen molar-refractivity contribution in [3.8, 4) is 11.5 Å². The molecule has 0 aromatic heterocycles. The zero-order valence-electron chi connectivity index (χ0n) is 13.9. The van der Waals surface area contributed by atoms with Gasteiger partial charge in [-0.2, -0.15) is 0 Å². The summed E-state index contributed by atoms with van der Waals surface area (Å²) in [5.74, 6) is 2.05. The van der Waals surface area contributed by atoms with Crippen molar-refractivity contribution in [2.75, 3.05) is 31.9 Å². The highest BCUT2D eigenvalue weighted by Gasteiger charge is 2.13. The molecule has 2 rings (SSSR count). The summed E-state index contributed by atoms with van der Waals surface area (Å²) >= 11 is 5.09. The van der Waals surface area contributed by atoms with Gasteiger partial charge in [0.05, 0.1) is 14.2 Å². The number of thioether (sulfide) groups is 1. The first-order chi connectivity index (χ1) is 11.5. The fraction of sp³-hybridized carbons (Fsp3) is 0.278. The van der Waals surface area contributed by atoms with Gasteiger partial charge in [0.15, 0.2) is 11.5 Å². The van der Waals surface area contributed by atoms with Crippen molar-refractivity contribution in [2.45, 2.75) is 11.3 Å². The van der Waals surface area contributed by atoms with E-state index in [0.29, 0.717) is 17.9 Å². The van der Waals surface area contributed by atoms with E-state index in [9.17, 15) is 4.79 Å². The van der Waals surface area contributed by atoms with Gasteiger partial charge in [-0.1, -0.05) is 15.9 Å². The summed E-state index contributed by atoms with van der Waals surface area (Å²) in [6.45, 7) is 0. The number of carbonyl (C=O) groups is 1. The molecule has 0 aliphatic carbocycles. The van der Waals surface area contributed by atoms with Crippen LogP contribution < -0.4 is 14.4 Å². The first kappa shape index (κ1) is 18.7. The highest BCUT2D eigenvalue weighted by atomic mass is 79.9. The molecule has 0 saturated heterocycles. The minimum Gasteiger partial charge on any atom is -0.493 e. The van der Waals surface area contributed by atoms with Crippen molar-refractivity contribution in [2.24, 2.45) is 0 Å². The lowest BCUT2D eigenvalue weighted by Crippen LogP contribution is -2.26. The summed E-state index contributed by atoms with van der Waals surface area (Å²) in [7, 11) is 4.94. The molecule has 4 nitrogen and oxygen atoms in total. The van der Waals surface area contributed by atoms with Gasteiger partial charge in [-0.05, 0) is 36.4 Å². The minimum absolute atomic E-state index is 0.0619. The molecule has 0 aliphatic heterocycles. The Bertz CT molecular complexity index is 691. The number of ether oxygens (including phenoxy) is 2. The lowest BCUT2D eigenvalue weighted by atomic mass is 10.2. The molecule has 0 N–H and O–H groups in total. The number of amides is 1. The number of carbonyl (C=O) groups excluding carboxylic acids is 1. The SMILES string of the molecule is COc1ccc(N(C)C(=O)CCSc2ccc(Br)cc2)cc1OC. The van der Waals surface area contributed by atoms with Gasteiger partial charge in [0.25, 0.3) is 0 Å². The van der Waals surface area contributed by atoms with Crippen LogP contribution in [0.1, 0.15) is 6.42 Å². The van der Waals surface area contributed by atoms with Crippen LogP contribution >= 0.6 is 27.7 Å². The summed E-state index contributed by atoms with van der Waals surface area (Å²) in [5.41, 5.74) is 0.784. The molecular formula is C18H20BrNO3S. The maximum absolute atomic E-state index is 12.4. The van der Waals surface area contributed by atoms with Gasteiger partial charge >= 0.3 is 0 Å². The molecule has 0 unspecified atom stereocenters. The number of anilines is 1. The van der Waals surface area contributed by atoms with Gasteiger partial charge in [-0.15, -0.1) is 11.8 Å². The molecule has 2 aromatic carbocycles. The maximum Gasteiger partial charge on any atom is 0.227 e. The average molecular weight is 410 g/mol. The predicted octanol–water partition coefficient (Wildman–Crippen LogP) is 4.61. The monoisotopic (exact) mass is 409 g/mol. The Morgan fingerprint density at radius 3 is 2.38 bits per heavy atom. The highest BCUT2D eigenvalue weighted by Crippen LogP contribution is 2.31. The zero-order chi connectivity index (χ0) is 17.5. The minimum atomic E-state index is 0.0619. The second-order valence-corrected chi connectivity index (χ2v) is 7.13. The zero-order valence-corrected chi connectivity index (χ0v) is 16.3. The van der Waals surface area contributed by atoms with Crippen molar-refractivity contribution >= 4 is 39.3 Å². The van der Waals surface area contributed by atoms with Crippen LogP contribution in [0.5, 0.6) is 11.5 Å². The number of hydrogen-bond donors (Lipinski definition) is 0. The van der Waals surface area contributed by atoms with Crippen LogP contribution in [0.3, 0.4) is 0 Å². The Labute approximate surface area is 155 Å². The van der Waals surface area contributed by atoms with Gasteiger partial charge in [0.2, 0.25) is 5.91 Å². The van der Waals surface area contributed by atoms with Crippen LogP contribution in [-0.4, -0.2) is 32.9 Å². The summed E-state index contributed by atoms with van der Waals surface area (Å²) in [6, 6.07) is 13.5. The smallest absolute Gasteiger partial charge is 0.227 e. The molecule has 2 aromatic rings. The van der Waals surface area contributed by atoms with E-state index in [4.69, 9.17) is 9.47 Å². The molecular weight excluding hydrogens is 390 g/mol. The Morgan fingerprint density at radius 1 is 1.08 bits per heavy atom. The summed E-state index contributed by atoms with van der Waals surface area (Å²) < 4.78 is 11.6. The Balaban J connectivity index is 1.93. The third kappa shape index (κ3) is 4.92. The molecule has 0 fully saturated rings. The van der Waals surface area contributed by atoms with E-state index in [2.05, 4.69) is 15.9 Å². The van der Waals surface area contributed by atoms with Gasteiger partial charge in [0, 0.05) is 40.3 Å². The van der Waals surface area contributed by atoms with Crippen LogP contribution in [0, 0.1) is 0 Å². The molecule has 0 radical (unpaired) electrons. The number of methoxy groups -OCH3 is 2. The van der Waals surface area contributed by atoms with Gasteiger partial charge in [0.1, 0.15) is 0 Å². The quantitative estimate of drug-likeness (QED) is 0.625. The Kier molecular flexibility index (Phi) is 6.99. The summed E-state index contributed by atoms with van der Waals surface area (Å²) in [4.78, 5) is 15.2. The lowest BCUT2D eigenvalue weighted by molar-refractivity contribution is -0.117. The van der Waals surface area contributed by atoms with Gasteiger partial charge in [-0.25, -0.2) is 0 Å². The lowest BCUT2D eigenvalue weighted by Gasteiger charge is -2.19. The third-order valence-electron chi connectivity index (χ3n) is 3.53. The number of hydrogen-bond acceptors (Lipinski definition) is 4. The fourth-order valence-corrected chi connectivity index (χ4v) is 3.24. The molecule has 0 aliphatic rings. The van der Waals surface area contributed by atoms with Crippen molar-refractivity contribution in [3.05, 3.63) is 46.9 Å². The first-order valence-corrected chi connectivity index (χ1v) is 9.20. The normalized spacial score (nSPS) is 10.3. The van der Waals surface area contributed by atoms with E-state index in [0.717, 1.165) is 20.8 Å². The maximum atomic E-state index is 12.4. The molecule has 1 amide bonds. The van der Waals surface area contributed by atoms with E-state index in [1.165, 1.54) is 0 Å². The Morgan fingerprint density at radius 2 is 1.75 bits per heavy atom. The van der Waals surface area contributed by atoms with E-state index >= 15 is 0 Å². The average Bonchev–Trinajstić information content (AvgIpc) is 2.62. The summed E-state index contributed by atoms with van der Waals surface area (Å²) in [6.07, 6.45) is 0.464. The largest absolute Gasteiger partial charge is 0.493 e. The molecule has 0 saturated carbocycles. The van der Waals surface area contributed by atoms with Crippen LogP contribution in [0.4, 0.5) is 5.69 Å². The molecule has 128 valence electrons. The molecule has 0 heterocycles. The first-order valence-electron chi connectivity index (χ1n) is 7.42. The standard InChI is InChI=1S/C18H20BrNO3S/c1-20(14-6-9-16(22-2)17(12-14)23-3)18(21)10-11-24-15-7-4-13(19)5-8-15/h4-9,12H,10-11H2,1-3H3.